The highest BCUT2D eigenvalue weighted by molar-refractivity contribution is 9.10. The first kappa shape index (κ1) is 16.3. The van der Waals surface area contributed by atoms with Crippen molar-refractivity contribution in [3.8, 4) is 11.5 Å². The summed E-state index contributed by atoms with van der Waals surface area (Å²) in [6.07, 6.45) is 2.43. The van der Waals surface area contributed by atoms with E-state index in [-0.39, 0.29) is 6.10 Å². The second-order valence-corrected chi connectivity index (χ2v) is 5.50. The maximum absolute atomic E-state index is 5.92. The monoisotopic (exact) mass is 329 g/mol. The predicted octanol–water partition coefficient (Wildman–Crippen LogP) is 4.00. The molecule has 1 N–H and O–H groups in total. The molecule has 0 spiro atoms. The predicted molar refractivity (Wildman–Crippen MR) is 83.2 cm³/mol. The molecule has 1 aromatic carbocycles. The molecule has 0 heterocycles. The second-order valence-electron chi connectivity index (χ2n) is 4.65. The summed E-state index contributed by atoms with van der Waals surface area (Å²) < 4.78 is 12.0. The molecule has 0 radical (unpaired) electrons. The molecular weight excluding hydrogens is 306 g/mol. The Morgan fingerprint density at radius 3 is 2.47 bits per heavy atom. The highest BCUT2D eigenvalue weighted by Gasteiger charge is 2.10. The number of nitrogens with one attached hydrogen (secondary N) is 1. The second kappa shape index (κ2) is 8.43. The summed E-state index contributed by atoms with van der Waals surface area (Å²) in [6.45, 7) is 7.33. The average molecular weight is 330 g/mol. The Morgan fingerprint density at radius 2 is 1.95 bits per heavy atom. The Kier molecular flexibility index (Phi) is 7.24. The van der Waals surface area contributed by atoms with Crippen LogP contribution in [0.4, 0.5) is 0 Å². The fourth-order valence-electron chi connectivity index (χ4n) is 1.87. The molecule has 1 atom stereocenters. The minimum atomic E-state index is 0.130. The molecule has 0 amide bonds. The standard InChI is InChI=1S/C15H24BrNO2/c1-5-12(6-2)17-10-11(3)19-15-8-7-13(18-4)9-14(15)16/h7-9,11-12,17H,5-6,10H2,1-4H3. The number of hydrogen-bond donors (Lipinski definition) is 1. The van der Waals surface area contributed by atoms with Crippen LogP contribution < -0.4 is 14.8 Å². The summed E-state index contributed by atoms with van der Waals surface area (Å²) >= 11 is 3.50. The van der Waals surface area contributed by atoms with Crippen LogP contribution in [0, 0.1) is 0 Å². The van der Waals surface area contributed by atoms with Crippen LogP contribution in [0.15, 0.2) is 22.7 Å². The van der Waals surface area contributed by atoms with Crippen LogP contribution >= 0.6 is 15.9 Å². The van der Waals surface area contributed by atoms with Crippen molar-refractivity contribution in [1.82, 2.24) is 5.32 Å². The van der Waals surface area contributed by atoms with Gasteiger partial charge in [-0.3, -0.25) is 0 Å². The van der Waals surface area contributed by atoms with Crippen LogP contribution in [0.5, 0.6) is 11.5 Å². The lowest BCUT2D eigenvalue weighted by Gasteiger charge is -2.20. The largest absolute Gasteiger partial charge is 0.497 e. The molecule has 0 saturated heterocycles. The van der Waals surface area contributed by atoms with Gasteiger partial charge in [-0.25, -0.2) is 0 Å². The first-order chi connectivity index (χ1) is 9.10. The Morgan fingerprint density at radius 1 is 1.26 bits per heavy atom. The first-order valence-electron chi connectivity index (χ1n) is 6.84. The van der Waals surface area contributed by atoms with Gasteiger partial charge in [0.05, 0.1) is 11.6 Å². The van der Waals surface area contributed by atoms with E-state index in [0.29, 0.717) is 6.04 Å². The topological polar surface area (TPSA) is 30.5 Å². The molecule has 1 rings (SSSR count). The van der Waals surface area contributed by atoms with Crippen molar-refractivity contribution < 1.29 is 9.47 Å². The fraction of sp³-hybridized carbons (Fsp3) is 0.600. The molecule has 0 aliphatic carbocycles. The Labute approximate surface area is 124 Å². The van der Waals surface area contributed by atoms with E-state index < -0.39 is 0 Å². The minimum absolute atomic E-state index is 0.130. The molecule has 0 aliphatic rings. The molecule has 1 unspecified atom stereocenters. The molecule has 0 aromatic heterocycles. The van der Waals surface area contributed by atoms with Crippen molar-refractivity contribution >= 4 is 15.9 Å². The van der Waals surface area contributed by atoms with Gasteiger partial charge in [0.2, 0.25) is 0 Å². The van der Waals surface area contributed by atoms with Crippen LogP contribution in [0.1, 0.15) is 33.6 Å². The van der Waals surface area contributed by atoms with Crippen molar-refractivity contribution in [3.63, 3.8) is 0 Å². The number of methoxy groups -OCH3 is 1. The number of ether oxygens (including phenoxy) is 2. The van der Waals surface area contributed by atoms with Gasteiger partial charge in [-0.05, 0) is 53.9 Å². The van der Waals surface area contributed by atoms with Crippen molar-refractivity contribution in [1.29, 1.82) is 0 Å². The highest BCUT2D eigenvalue weighted by Crippen LogP contribution is 2.29. The van der Waals surface area contributed by atoms with Crippen LogP contribution in [-0.2, 0) is 0 Å². The van der Waals surface area contributed by atoms with Gasteiger partial charge in [0.15, 0.2) is 0 Å². The molecule has 0 aliphatic heterocycles. The van der Waals surface area contributed by atoms with Gasteiger partial charge in [0.25, 0.3) is 0 Å². The van der Waals surface area contributed by atoms with Gasteiger partial charge in [-0.2, -0.15) is 0 Å². The van der Waals surface area contributed by atoms with Gasteiger partial charge in [0, 0.05) is 12.6 Å². The molecular formula is C15H24BrNO2. The van der Waals surface area contributed by atoms with Gasteiger partial charge in [-0.1, -0.05) is 13.8 Å². The van der Waals surface area contributed by atoms with E-state index in [4.69, 9.17) is 9.47 Å². The summed E-state index contributed by atoms with van der Waals surface area (Å²) in [6, 6.07) is 6.32. The Bertz CT molecular complexity index is 380. The lowest BCUT2D eigenvalue weighted by Crippen LogP contribution is -2.36. The Hall–Kier alpha value is -0.740. The molecule has 3 nitrogen and oxygen atoms in total. The number of benzene rings is 1. The normalized spacial score (nSPS) is 12.5. The van der Waals surface area contributed by atoms with Crippen molar-refractivity contribution in [3.05, 3.63) is 22.7 Å². The molecule has 19 heavy (non-hydrogen) atoms. The maximum atomic E-state index is 5.92. The first-order valence-corrected chi connectivity index (χ1v) is 7.63. The molecule has 0 bridgehead atoms. The lowest BCUT2D eigenvalue weighted by molar-refractivity contribution is 0.208. The van der Waals surface area contributed by atoms with E-state index in [1.807, 2.05) is 18.2 Å². The van der Waals surface area contributed by atoms with Gasteiger partial charge < -0.3 is 14.8 Å². The minimum Gasteiger partial charge on any atom is -0.497 e. The summed E-state index contributed by atoms with van der Waals surface area (Å²) in [5.74, 6) is 1.67. The maximum Gasteiger partial charge on any atom is 0.134 e. The number of hydrogen-bond acceptors (Lipinski definition) is 3. The summed E-state index contributed by atoms with van der Waals surface area (Å²) in [5.41, 5.74) is 0. The molecule has 0 saturated carbocycles. The van der Waals surface area contributed by atoms with E-state index in [9.17, 15) is 0 Å². The van der Waals surface area contributed by atoms with E-state index in [0.717, 1.165) is 35.4 Å². The van der Waals surface area contributed by atoms with Gasteiger partial charge in [0.1, 0.15) is 17.6 Å². The summed E-state index contributed by atoms with van der Waals surface area (Å²) in [5, 5.41) is 3.52. The van der Waals surface area contributed by atoms with Crippen molar-refractivity contribution in [2.75, 3.05) is 13.7 Å². The third-order valence-corrected chi connectivity index (χ3v) is 3.77. The summed E-state index contributed by atoms with van der Waals surface area (Å²) in [7, 11) is 1.66. The van der Waals surface area contributed by atoms with E-state index >= 15 is 0 Å². The number of rotatable bonds is 8. The molecule has 0 fully saturated rings. The third-order valence-electron chi connectivity index (χ3n) is 3.15. The number of halogens is 1. The van der Waals surface area contributed by atoms with Gasteiger partial charge in [-0.15, -0.1) is 0 Å². The Balaban J connectivity index is 2.50. The molecule has 1 aromatic rings. The highest BCUT2D eigenvalue weighted by atomic mass is 79.9. The molecule has 108 valence electrons. The van der Waals surface area contributed by atoms with E-state index in [1.54, 1.807) is 7.11 Å². The zero-order valence-corrected chi connectivity index (χ0v) is 13.8. The SMILES string of the molecule is CCC(CC)NCC(C)Oc1ccc(OC)cc1Br. The average Bonchev–Trinajstić information content (AvgIpc) is 2.42. The summed E-state index contributed by atoms with van der Waals surface area (Å²) in [4.78, 5) is 0. The fourth-order valence-corrected chi connectivity index (χ4v) is 2.32. The van der Waals surface area contributed by atoms with E-state index in [1.165, 1.54) is 0 Å². The molecule has 4 heteroatoms. The third kappa shape index (κ3) is 5.41. The van der Waals surface area contributed by atoms with Crippen LogP contribution in [0.2, 0.25) is 0 Å². The van der Waals surface area contributed by atoms with Crippen LogP contribution in [-0.4, -0.2) is 25.8 Å². The van der Waals surface area contributed by atoms with E-state index in [2.05, 4.69) is 42.0 Å². The van der Waals surface area contributed by atoms with Crippen molar-refractivity contribution in [2.45, 2.75) is 45.8 Å². The van der Waals surface area contributed by atoms with Crippen LogP contribution in [0.25, 0.3) is 0 Å². The van der Waals surface area contributed by atoms with Crippen LogP contribution in [0.3, 0.4) is 0 Å². The smallest absolute Gasteiger partial charge is 0.134 e. The quantitative estimate of drug-likeness (QED) is 0.781. The van der Waals surface area contributed by atoms with Crippen molar-refractivity contribution in [2.24, 2.45) is 0 Å². The zero-order chi connectivity index (χ0) is 14.3. The zero-order valence-electron chi connectivity index (χ0n) is 12.2. The van der Waals surface area contributed by atoms with Gasteiger partial charge >= 0.3 is 0 Å². The lowest BCUT2D eigenvalue weighted by atomic mass is 10.1.